The number of nitrogens with zero attached hydrogens (tertiary/aromatic N) is 1. The number of carbonyl (C=O) groups excluding carboxylic acids is 1. The molecule has 0 aliphatic carbocycles. The summed E-state index contributed by atoms with van der Waals surface area (Å²) in [5.41, 5.74) is 6.51. The van der Waals surface area contributed by atoms with Gasteiger partial charge in [-0.25, -0.2) is 0 Å². The Labute approximate surface area is 112 Å². The van der Waals surface area contributed by atoms with E-state index in [1.165, 1.54) is 42.7 Å². The number of amides is 1. The smallest absolute Gasteiger partial charge is 0.406 e. The van der Waals surface area contributed by atoms with Gasteiger partial charge in [-0.2, -0.15) is 0 Å². The standard InChI is InChI=1S/C13H9F3N2O2/c14-13(15,16)20-11-3-1-8(2-4-11)9-5-10(12(17)19)7-18-6-9/h1-7H,(H2,17,19). The molecule has 0 aliphatic heterocycles. The van der Waals surface area contributed by atoms with Crippen molar-refractivity contribution in [2.75, 3.05) is 0 Å². The third-order valence-corrected chi connectivity index (χ3v) is 2.44. The van der Waals surface area contributed by atoms with E-state index in [1.807, 2.05) is 0 Å². The van der Waals surface area contributed by atoms with Gasteiger partial charge < -0.3 is 10.5 Å². The summed E-state index contributed by atoms with van der Waals surface area (Å²) in [6, 6.07) is 6.74. The zero-order valence-corrected chi connectivity index (χ0v) is 10.0. The van der Waals surface area contributed by atoms with Crippen molar-refractivity contribution in [3.63, 3.8) is 0 Å². The number of ether oxygens (including phenoxy) is 1. The Morgan fingerprint density at radius 3 is 2.30 bits per heavy atom. The second-order valence-electron chi connectivity index (χ2n) is 3.90. The van der Waals surface area contributed by atoms with Gasteiger partial charge in [-0.05, 0) is 23.8 Å². The van der Waals surface area contributed by atoms with Gasteiger partial charge in [0, 0.05) is 18.0 Å². The number of alkyl halides is 3. The molecule has 0 spiro atoms. The minimum Gasteiger partial charge on any atom is -0.406 e. The Bertz CT molecular complexity index is 624. The Hall–Kier alpha value is -2.57. The number of benzene rings is 1. The van der Waals surface area contributed by atoms with Crippen LogP contribution in [0.1, 0.15) is 10.4 Å². The van der Waals surface area contributed by atoms with E-state index in [1.54, 1.807) is 0 Å². The largest absolute Gasteiger partial charge is 0.573 e. The molecule has 0 radical (unpaired) electrons. The molecule has 20 heavy (non-hydrogen) atoms. The van der Waals surface area contributed by atoms with Crippen LogP contribution in [0.3, 0.4) is 0 Å². The van der Waals surface area contributed by atoms with Gasteiger partial charge in [0.25, 0.3) is 0 Å². The van der Waals surface area contributed by atoms with Crippen molar-refractivity contribution in [1.82, 2.24) is 4.98 Å². The molecule has 1 aromatic carbocycles. The fourth-order valence-corrected chi connectivity index (χ4v) is 1.58. The molecule has 4 nitrogen and oxygen atoms in total. The van der Waals surface area contributed by atoms with Crippen LogP contribution in [0.5, 0.6) is 5.75 Å². The van der Waals surface area contributed by atoms with E-state index in [0.29, 0.717) is 11.1 Å². The van der Waals surface area contributed by atoms with Crippen LogP contribution in [0, 0.1) is 0 Å². The lowest BCUT2D eigenvalue weighted by Gasteiger charge is -2.09. The zero-order chi connectivity index (χ0) is 14.8. The fourth-order valence-electron chi connectivity index (χ4n) is 1.58. The molecule has 0 saturated carbocycles. The summed E-state index contributed by atoms with van der Waals surface area (Å²) >= 11 is 0. The molecule has 1 aromatic heterocycles. The molecule has 0 fully saturated rings. The molecule has 0 atom stereocenters. The van der Waals surface area contributed by atoms with Crippen molar-refractivity contribution in [3.05, 3.63) is 48.3 Å². The first-order valence-corrected chi connectivity index (χ1v) is 5.46. The molecular weight excluding hydrogens is 273 g/mol. The van der Waals surface area contributed by atoms with Crippen molar-refractivity contribution in [2.45, 2.75) is 6.36 Å². The van der Waals surface area contributed by atoms with E-state index in [9.17, 15) is 18.0 Å². The average molecular weight is 282 g/mol. The number of rotatable bonds is 3. The van der Waals surface area contributed by atoms with E-state index in [4.69, 9.17) is 5.73 Å². The molecule has 104 valence electrons. The molecular formula is C13H9F3N2O2. The molecule has 7 heteroatoms. The highest BCUT2D eigenvalue weighted by Gasteiger charge is 2.30. The topological polar surface area (TPSA) is 65.2 Å². The van der Waals surface area contributed by atoms with Gasteiger partial charge >= 0.3 is 6.36 Å². The highest BCUT2D eigenvalue weighted by atomic mass is 19.4. The highest BCUT2D eigenvalue weighted by Crippen LogP contribution is 2.26. The SMILES string of the molecule is NC(=O)c1cncc(-c2ccc(OC(F)(F)F)cc2)c1. The molecule has 0 bridgehead atoms. The van der Waals surface area contributed by atoms with Crippen molar-refractivity contribution in [1.29, 1.82) is 0 Å². The molecule has 0 unspecified atom stereocenters. The molecule has 2 N–H and O–H groups in total. The van der Waals surface area contributed by atoms with E-state index >= 15 is 0 Å². The minimum absolute atomic E-state index is 0.220. The maximum atomic E-state index is 12.0. The van der Waals surface area contributed by atoms with Crippen molar-refractivity contribution < 1.29 is 22.7 Å². The van der Waals surface area contributed by atoms with Crippen LogP contribution in [-0.2, 0) is 0 Å². The third-order valence-electron chi connectivity index (χ3n) is 2.44. The van der Waals surface area contributed by atoms with Crippen LogP contribution in [0.4, 0.5) is 13.2 Å². The summed E-state index contributed by atoms with van der Waals surface area (Å²) in [5.74, 6) is -0.948. The van der Waals surface area contributed by atoms with E-state index < -0.39 is 12.3 Å². The monoisotopic (exact) mass is 282 g/mol. The number of halogens is 3. The van der Waals surface area contributed by atoms with Crippen LogP contribution in [0.25, 0.3) is 11.1 Å². The van der Waals surface area contributed by atoms with Gasteiger partial charge in [0.2, 0.25) is 5.91 Å². The van der Waals surface area contributed by atoms with E-state index in [0.717, 1.165) is 0 Å². The van der Waals surface area contributed by atoms with Crippen LogP contribution in [0.2, 0.25) is 0 Å². The Morgan fingerprint density at radius 1 is 1.10 bits per heavy atom. The number of aromatic nitrogens is 1. The predicted molar refractivity (Wildman–Crippen MR) is 64.9 cm³/mol. The molecule has 1 amide bonds. The number of hydrogen-bond acceptors (Lipinski definition) is 3. The minimum atomic E-state index is -4.73. The van der Waals surface area contributed by atoms with Gasteiger partial charge in [-0.3, -0.25) is 9.78 Å². The maximum Gasteiger partial charge on any atom is 0.573 e. The van der Waals surface area contributed by atoms with Gasteiger partial charge in [-0.1, -0.05) is 12.1 Å². The summed E-state index contributed by atoms with van der Waals surface area (Å²) in [4.78, 5) is 14.9. The lowest BCUT2D eigenvalue weighted by Crippen LogP contribution is -2.16. The predicted octanol–water partition coefficient (Wildman–Crippen LogP) is 2.75. The van der Waals surface area contributed by atoms with Crippen molar-refractivity contribution in [2.24, 2.45) is 5.73 Å². The molecule has 0 aliphatic rings. The molecule has 2 rings (SSSR count). The summed E-state index contributed by atoms with van der Waals surface area (Å²) < 4.78 is 39.8. The van der Waals surface area contributed by atoms with Crippen LogP contribution in [-0.4, -0.2) is 17.3 Å². The Balaban J connectivity index is 2.26. The van der Waals surface area contributed by atoms with E-state index in [-0.39, 0.29) is 11.3 Å². The maximum absolute atomic E-state index is 12.0. The van der Waals surface area contributed by atoms with Gasteiger partial charge in [0.05, 0.1) is 5.56 Å². The fraction of sp³-hybridized carbons (Fsp3) is 0.0769. The molecule has 0 saturated heterocycles. The quantitative estimate of drug-likeness (QED) is 0.941. The lowest BCUT2D eigenvalue weighted by atomic mass is 10.1. The second kappa shape index (κ2) is 5.20. The zero-order valence-electron chi connectivity index (χ0n) is 10.0. The first-order valence-electron chi connectivity index (χ1n) is 5.46. The number of hydrogen-bond donors (Lipinski definition) is 1. The molecule has 1 heterocycles. The van der Waals surface area contributed by atoms with Gasteiger partial charge in [0.15, 0.2) is 0 Å². The van der Waals surface area contributed by atoms with Crippen LogP contribution < -0.4 is 10.5 Å². The van der Waals surface area contributed by atoms with Crippen LogP contribution in [0.15, 0.2) is 42.7 Å². The van der Waals surface area contributed by atoms with E-state index in [2.05, 4.69) is 9.72 Å². The number of carbonyl (C=O) groups is 1. The first kappa shape index (κ1) is 13.9. The van der Waals surface area contributed by atoms with Crippen molar-refractivity contribution in [3.8, 4) is 16.9 Å². The first-order chi connectivity index (χ1) is 9.35. The third kappa shape index (κ3) is 3.47. The average Bonchev–Trinajstić information content (AvgIpc) is 2.38. The number of primary amides is 1. The molecule has 2 aromatic rings. The summed E-state index contributed by atoms with van der Waals surface area (Å²) in [5, 5.41) is 0. The number of pyridine rings is 1. The Morgan fingerprint density at radius 2 is 1.75 bits per heavy atom. The second-order valence-corrected chi connectivity index (χ2v) is 3.90. The lowest BCUT2D eigenvalue weighted by molar-refractivity contribution is -0.274. The van der Waals surface area contributed by atoms with Gasteiger partial charge in [0.1, 0.15) is 5.75 Å². The summed E-state index contributed by atoms with van der Waals surface area (Å²) in [6.07, 6.45) is -1.94. The van der Waals surface area contributed by atoms with Crippen LogP contribution >= 0.6 is 0 Å². The Kier molecular flexibility index (Phi) is 3.60. The highest BCUT2D eigenvalue weighted by molar-refractivity contribution is 5.93. The normalized spacial score (nSPS) is 11.2. The summed E-state index contributed by atoms with van der Waals surface area (Å²) in [6.45, 7) is 0. The summed E-state index contributed by atoms with van der Waals surface area (Å²) in [7, 11) is 0. The van der Waals surface area contributed by atoms with Gasteiger partial charge in [-0.15, -0.1) is 13.2 Å². The van der Waals surface area contributed by atoms with Crippen molar-refractivity contribution >= 4 is 5.91 Å². The number of nitrogens with two attached hydrogens (primary N) is 1.